The van der Waals surface area contributed by atoms with Crippen LogP contribution in [0.1, 0.15) is 18.9 Å². The highest BCUT2D eigenvalue weighted by Gasteiger charge is 2.00. The maximum Gasteiger partial charge on any atom is 0.132 e. The molecule has 1 aromatic rings. The van der Waals surface area contributed by atoms with Crippen LogP contribution in [0.5, 0.6) is 5.75 Å². The second kappa shape index (κ2) is 6.24. The van der Waals surface area contributed by atoms with E-state index in [1.807, 2.05) is 6.07 Å². The van der Waals surface area contributed by atoms with Gasteiger partial charge in [0.25, 0.3) is 0 Å². The van der Waals surface area contributed by atoms with Crippen molar-refractivity contribution in [1.29, 1.82) is 0 Å². The van der Waals surface area contributed by atoms with Crippen molar-refractivity contribution in [3.8, 4) is 5.75 Å². The van der Waals surface area contributed by atoms with Crippen LogP contribution in [0.2, 0.25) is 0 Å². The summed E-state index contributed by atoms with van der Waals surface area (Å²) in [6.07, 6.45) is 1.17. The summed E-state index contributed by atoms with van der Waals surface area (Å²) in [5.41, 5.74) is 1.31. The van der Waals surface area contributed by atoms with Crippen LogP contribution in [-0.2, 0) is 6.54 Å². The third kappa shape index (κ3) is 3.46. The minimum absolute atomic E-state index is 0.938. The average molecular weight is 305 g/mol. The van der Waals surface area contributed by atoms with Gasteiger partial charge in [0.1, 0.15) is 5.75 Å². The molecule has 2 nitrogen and oxygen atoms in total. The number of hydrogen-bond donors (Lipinski definition) is 1. The molecule has 78 valence electrons. The number of nitrogens with one attached hydrogen (secondary N) is 1. The summed E-state index contributed by atoms with van der Waals surface area (Å²) in [5, 5.41) is 3.37. The number of benzene rings is 1. The maximum atomic E-state index is 5.20. The molecule has 0 unspecified atom stereocenters. The van der Waals surface area contributed by atoms with E-state index in [1.165, 1.54) is 15.6 Å². The predicted octanol–water partition coefficient (Wildman–Crippen LogP) is 2.80. The Balaban J connectivity index is 2.57. The van der Waals surface area contributed by atoms with Crippen LogP contribution in [0.15, 0.2) is 18.2 Å². The molecular formula is C11H16INO. The van der Waals surface area contributed by atoms with Crippen LogP contribution in [-0.4, -0.2) is 13.7 Å². The molecule has 0 radical (unpaired) electrons. The topological polar surface area (TPSA) is 21.3 Å². The molecule has 0 fully saturated rings. The van der Waals surface area contributed by atoms with Crippen LogP contribution in [0.25, 0.3) is 0 Å². The highest BCUT2D eigenvalue weighted by molar-refractivity contribution is 14.1. The number of halogens is 1. The average Bonchev–Trinajstić information content (AvgIpc) is 2.18. The molecule has 0 saturated carbocycles. The van der Waals surface area contributed by atoms with Crippen molar-refractivity contribution in [1.82, 2.24) is 5.32 Å². The van der Waals surface area contributed by atoms with E-state index in [0.717, 1.165) is 18.8 Å². The first-order chi connectivity index (χ1) is 6.77. The number of ether oxygens (including phenoxy) is 1. The molecule has 0 saturated heterocycles. The Labute approximate surface area is 99.2 Å². The lowest BCUT2D eigenvalue weighted by Gasteiger charge is -2.07. The Bertz CT molecular complexity index is 289. The summed E-state index contributed by atoms with van der Waals surface area (Å²) in [5.74, 6) is 0.949. The molecule has 0 bridgehead atoms. The Morgan fingerprint density at radius 3 is 2.79 bits per heavy atom. The van der Waals surface area contributed by atoms with E-state index in [0.29, 0.717) is 0 Å². The zero-order valence-electron chi connectivity index (χ0n) is 8.64. The third-order valence-corrected chi connectivity index (χ3v) is 2.82. The highest BCUT2D eigenvalue weighted by atomic mass is 127. The molecule has 0 heterocycles. The van der Waals surface area contributed by atoms with Gasteiger partial charge in [-0.3, -0.25) is 0 Å². The quantitative estimate of drug-likeness (QED) is 0.667. The first-order valence-corrected chi connectivity index (χ1v) is 5.89. The van der Waals surface area contributed by atoms with Crippen molar-refractivity contribution in [2.45, 2.75) is 19.9 Å². The summed E-state index contributed by atoms with van der Waals surface area (Å²) in [4.78, 5) is 0. The van der Waals surface area contributed by atoms with Crippen molar-refractivity contribution >= 4 is 22.6 Å². The third-order valence-electron chi connectivity index (χ3n) is 1.97. The van der Waals surface area contributed by atoms with Gasteiger partial charge in [-0.1, -0.05) is 13.0 Å². The summed E-state index contributed by atoms with van der Waals surface area (Å²) in [6.45, 7) is 4.18. The summed E-state index contributed by atoms with van der Waals surface area (Å²) in [7, 11) is 1.70. The molecule has 0 aliphatic carbocycles. The second-order valence-corrected chi connectivity index (χ2v) is 4.31. The molecule has 3 heteroatoms. The van der Waals surface area contributed by atoms with Crippen molar-refractivity contribution < 1.29 is 4.74 Å². The first kappa shape index (κ1) is 11.8. The Hall–Kier alpha value is -0.290. The molecule has 1 rings (SSSR count). The fourth-order valence-electron chi connectivity index (χ4n) is 1.23. The van der Waals surface area contributed by atoms with E-state index in [-0.39, 0.29) is 0 Å². The Kier molecular flexibility index (Phi) is 5.25. The summed E-state index contributed by atoms with van der Waals surface area (Å²) in [6, 6.07) is 6.27. The molecule has 0 aliphatic heterocycles. The predicted molar refractivity (Wildman–Crippen MR) is 67.7 cm³/mol. The summed E-state index contributed by atoms with van der Waals surface area (Å²) >= 11 is 2.29. The molecule has 0 aliphatic rings. The number of hydrogen-bond acceptors (Lipinski definition) is 2. The van der Waals surface area contributed by atoms with E-state index >= 15 is 0 Å². The Morgan fingerprint density at radius 2 is 2.21 bits per heavy atom. The van der Waals surface area contributed by atoms with Crippen LogP contribution in [0.4, 0.5) is 0 Å². The minimum atomic E-state index is 0.938. The van der Waals surface area contributed by atoms with Crippen molar-refractivity contribution in [2.75, 3.05) is 13.7 Å². The standard InChI is InChI=1S/C11H16INO/c1-3-6-13-8-9-4-5-11(14-2)10(12)7-9/h4-5,7,13H,3,6,8H2,1-2H3. The van der Waals surface area contributed by atoms with E-state index in [4.69, 9.17) is 4.74 Å². The van der Waals surface area contributed by atoms with Gasteiger partial charge in [0.2, 0.25) is 0 Å². The fourth-order valence-corrected chi connectivity index (χ4v) is 2.03. The van der Waals surface area contributed by atoms with Gasteiger partial charge in [0.15, 0.2) is 0 Å². The van der Waals surface area contributed by atoms with Crippen LogP contribution in [0.3, 0.4) is 0 Å². The van der Waals surface area contributed by atoms with Crippen LogP contribution < -0.4 is 10.1 Å². The van der Waals surface area contributed by atoms with Crippen molar-refractivity contribution in [3.63, 3.8) is 0 Å². The van der Waals surface area contributed by atoms with E-state index < -0.39 is 0 Å². The molecule has 1 N–H and O–H groups in total. The first-order valence-electron chi connectivity index (χ1n) is 4.81. The zero-order valence-corrected chi connectivity index (χ0v) is 10.8. The van der Waals surface area contributed by atoms with Gasteiger partial charge in [-0.05, 0) is 53.3 Å². The monoisotopic (exact) mass is 305 g/mol. The summed E-state index contributed by atoms with van der Waals surface area (Å²) < 4.78 is 6.37. The van der Waals surface area contributed by atoms with Gasteiger partial charge >= 0.3 is 0 Å². The lowest BCUT2D eigenvalue weighted by Crippen LogP contribution is -2.13. The van der Waals surface area contributed by atoms with Gasteiger partial charge in [-0.15, -0.1) is 0 Å². The smallest absolute Gasteiger partial charge is 0.132 e. The molecular weight excluding hydrogens is 289 g/mol. The largest absolute Gasteiger partial charge is 0.496 e. The number of rotatable bonds is 5. The normalized spacial score (nSPS) is 10.2. The van der Waals surface area contributed by atoms with Gasteiger partial charge in [-0.2, -0.15) is 0 Å². The molecule has 0 spiro atoms. The molecule has 0 amide bonds. The van der Waals surface area contributed by atoms with Gasteiger partial charge in [0, 0.05) is 6.54 Å². The van der Waals surface area contributed by atoms with Gasteiger partial charge in [0.05, 0.1) is 10.7 Å². The molecule has 1 aromatic carbocycles. The lowest BCUT2D eigenvalue weighted by atomic mass is 10.2. The second-order valence-electron chi connectivity index (χ2n) is 3.15. The maximum absolute atomic E-state index is 5.20. The van der Waals surface area contributed by atoms with Gasteiger partial charge in [-0.25, -0.2) is 0 Å². The Morgan fingerprint density at radius 1 is 1.43 bits per heavy atom. The van der Waals surface area contributed by atoms with E-state index in [1.54, 1.807) is 7.11 Å². The SMILES string of the molecule is CCCNCc1ccc(OC)c(I)c1. The van der Waals surface area contributed by atoms with Crippen LogP contribution in [0, 0.1) is 3.57 Å². The van der Waals surface area contributed by atoms with Crippen LogP contribution >= 0.6 is 22.6 Å². The van der Waals surface area contributed by atoms with Crippen molar-refractivity contribution in [2.24, 2.45) is 0 Å². The number of methoxy groups -OCH3 is 1. The van der Waals surface area contributed by atoms with Crippen molar-refractivity contribution in [3.05, 3.63) is 27.3 Å². The van der Waals surface area contributed by atoms with E-state index in [9.17, 15) is 0 Å². The molecule has 0 aromatic heterocycles. The fraction of sp³-hybridized carbons (Fsp3) is 0.455. The molecule has 14 heavy (non-hydrogen) atoms. The highest BCUT2D eigenvalue weighted by Crippen LogP contribution is 2.21. The molecule has 0 atom stereocenters. The lowest BCUT2D eigenvalue weighted by molar-refractivity contribution is 0.411. The zero-order chi connectivity index (χ0) is 10.4. The van der Waals surface area contributed by atoms with Gasteiger partial charge < -0.3 is 10.1 Å². The minimum Gasteiger partial charge on any atom is -0.496 e. The van der Waals surface area contributed by atoms with E-state index in [2.05, 4.69) is 47.0 Å².